The maximum atomic E-state index is 4.50. The quantitative estimate of drug-likeness (QED) is 0.766. The maximum Gasteiger partial charge on any atom is 0.122 e. The van der Waals surface area contributed by atoms with Crippen LogP contribution in [-0.2, 0) is 19.6 Å². The summed E-state index contributed by atoms with van der Waals surface area (Å²) in [5, 5.41) is 3.36. The second-order valence-electron chi connectivity index (χ2n) is 5.07. The Morgan fingerprint density at radius 3 is 2.88 bits per heavy atom. The summed E-state index contributed by atoms with van der Waals surface area (Å²) in [4.78, 5) is 9.43. The van der Waals surface area contributed by atoms with Crippen LogP contribution in [-0.4, -0.2) is 59.1 Å². The summed E-state index contributed by atoms with van der Waals surface area (Å²) in [5.74, 6) is 1.19. The molecule has 17 heavy (non-hydrogen) atoms. The van der Waals surface area contributed by atoms with Crippen LogP contribution < -0.4 is 5.32 Å². The van der Waals surface area contributed by atoms with Crippen molar-refractivity contribution in [3.05, 3.63) is 17.7 Å². The van der Waals surface area contributed by atoms with E-state index < -0.39 is 0 Å². The van der Waals surface area contributed by atoms with Gasteiger partial charge in [-0.05, 0) is 7.05 Å². The Bertz CT molecular complexity index is 378. The molecule has 0 aliphatic carbocycles. The van der Waals surface area contributed by atoms with Crippen LogP contribution in [0, 0.1) is 0 Å². The van der Waals surface area contributed by atoms with Crippen LogP contribution in [0.1, 0.15) is 11.5 Å². The van der Waals surface area contributed by atoms with Crippen molar-refractivity contribution >= 4 is 0 Å². The highest BCUT2D eigenvalue weighted by atomic mass is 15.3. The van der Waals surface area contributed by atoms with Crippen molar-refractivity contribution in [3.63, 3.8) is 0 Å². The molecule has 1 N–H and O–H groups in total. The van der Waals surface area contributed by atoms with E-state index in [0.717, 1.165) is 26.2 Å². The molecule has 0 bridgehead atoms. The Balaban J connectivity index is 1.66. The Kier molecular flexibility index (Phi) is 3.13. The molecule has 0 aromatic carbocycles. The largest absolute Gasteiger partial charge is 0.328 e. The molecule has 0 unspecified atom stereocenters. The minimum absolute atomic E-state index is 0.919. The Morgan fingerprint density at radius 2 is 2.06 bits per heavy atom. The van der Waals surface area contributed by atoms with Crippen LogP contribution in [0.15, 0.2) is 6.20 Å². The van der Waals surface area contributed by atoms with Crippen molar-refractivity contribution in [1.29, 1.82) is 0 Å². The molecule has 0 saturated carbocycles. The highest BCUT2D eigenvalue weighted by molar-refractivity contribution is 5.07. The standard InChI is InChI=1S/C12H21N5/c1-15-4-6-16(7-5-15)10-11-8-14-12-9-13-2-3-17(11)12/h8,13H,2-7,9-10H2,1H3. The van der Waals surface area contributed by atoms with E-state index in [1.54, 1.807) is 0 Å². The van der Waals surface area contributed by atoms with E-state index in [2.05, 4.69) is 37.9 Å². The van der Waals surface area contributed by atoms with Crippen LogP contribution in [0.4, 0.5) is 0 Å². The SMILES string of the molecule is CN1CCN(Cc2cnc3n2CCNC3)CC1. The van der Waals surface area contributed by atoms with E-state index in [9.17, 15) is 0 Å². The highest BCUT2D eigenvalue weighted by Crippen LogP contribution is 2.12. The van der Waals surface area contributed by atoms with E-state index in [4.69, 9.17) is 0 Å². The van der Waals surface area contributed by atoms with Crippen molar-refractivity contribution in [1.82, 2.24) is 24.7 Å². The molecule has 2 aliphatic rings. The first-order valence-corrected chi connectivity index (χ1v) is 6.48. The molecule has 1 saturated heterocycles. The molecule has 0 amide bonds. The smallest absolute Gasteiger partial charge is 0.122 e. The fourth-order valence-corrected chi connectivity index (χ4v) is 2.62. The molecule has 0 atom stereocenters. The van der Waals surface area contributed by atoms with E-state index in [-0.39, 0.29) is 0 Å². The topological polar surface area (TPSA) is 36.3 Å². The van der Waals surface area contributed by atoms with Crippen molar-refractivity contribution in [2.75, 3.05) is 39.8 Å². The maximum absolute atomic E-state index is 4.50. The summed E-state index contributed by atoms with van der Waals surface area (Å²) in [6.07, 6.45) is 2.06. The lowest BCUT2D eigenvalue weighted by atomic mass is 10.3. The second kappa shape index (κ2) is 4.76. The zero-order valence-corrected chi connectivity index (χ0v) is 10.5. The lowest BCUT2D eigenvalue weighted by Crippen LogP contribution is -2.44. The number of likely N-dealkylation sites (N-methyl/N-ethyl adjacent to an activating group) is 1. The van der Waals surface area contributed by atoms with E-state index in [1.807, 2.05) is 0 Å². The van der Waals surface area contributed by atoms with Gasteiger partial charge in [0.25, 0.3) is 0 Å². The normalized spacial score (nSPS) is 22.6. The van der Waals surface area contributed by atoms with Gasteiger partial charge in [-0.25, -0.2) is 4.98 Å². The molecule has 0 spiro atoms. The van der Waals surface area contributed by atoms with Crippen molar-refractivity contribution in [3.8, 4) is 0 Å². The molecule has 94 valence electrons. The fourth-order valence-electron chi connectivity index (χ4n) is 2.62. The summed E-state index contributed by atoms with van der Waals surface area (Å²) in [6, 6.07) is 0. The first-order valence-electron chi connectivity index (χ1n) is 6.48. The molecule has 2 aliphatic heterocycles. The predicted octanol–water partition coefficient (Wildman–Crippen LogP) is -0.266. The fraction of sp³-hybridized carbons (Fsp3) is 0.750. The molecule has 1 fully saturated rings. The molecule has 3 heterocycles. The van der Waals surface area contributed by atoms with Gasteiger partial charge in [-0.1, -0.05) is 0 Å². The summed E-state index contributed by atoms with van der Waals surface area (Å²) in [7, 11) is 2.20. The number of hydrogen-bond donors (Lipinski definition) is 1. The number of fused-ring (bicyclic) bond motifs is 1. The van der Waals surface area contributed by atoms with Crippen LogP contribution in [0.25, 0.3) is 0 Å². The molecule has 0 radical (unpaired) electrons. The average Bonchev–Trinajstić information content (AvgIpc) is 2.76. The van der Waals surface area contributed by atoms with Crippen molar-refractivity contribution < 1.29 is 0 Å². The summed E-state index contributed by atoms with van der Waals surface area (Å²) >= 11 is 0. The van der Waals surface area contributed by atoms with Crippen LogP contribution in [0.3, 0.4) is 0 Å². The number of piperazine rings is 1. The van der Waals surface area contributed by atoms with Gasteiger partial charge < -0.3 is 14.8 Å². The third-order valence-corrected chi connectivity index (χ3v) is 3.80. The van der Waals surface area contributed by atoms with Crippen LogP contribution in [0.5, 0.6) is 0 Å². The monoisotopic (exact) mass is 235 g/mol. The van der Waals surface area contributed by atoms with Crippen LogP contribution >= 0.6 is 0 Å². The van der Waals surface area contributed by atoms with Gasteiger partial charge in [0, 0.05) is 52.0 Å². The second-order valence-corrected chi connectivity index (χ2v) is 5.07. The van der Waals surface area contributed by atoms with Gasteiger partial charge in [-0.2, -0.15) is 0 Å². The minimum Gasteiger partial charge on any atom is -0.328 e. The van der Waals surface area contributed by atoms with Crippen LogP contribution in [0.2, 0.25) is 0 Å². The first kappa shape index (κ1) is 11.2. The summed E-state index contributed by atoms with van der Waals surface area (Å²) in [6.45, 7) is 8.83. The highest BCUT2D eigenvalue weighted by Gasteiger charge is 2.18. The molecule has 5 heteroatoms. The lowest BCUT2D eigenvalue weighted by molar-refractivity contribution is 0.145. The molecule has 3 rings (SSSR count). The molecular weight excluding hydrogens is 214 g/mol. The van der Waals surface area contributed by atoms with E-state index in [0.29, 0.717) is 0 Å². The van der Waals surface area contributed by atoms with Crippen molar-refractivity contribution in [2.45, 2.75) is 19.6 Å². The molecule has 1 aromatic rings. The van der Waals surface area contributed by atoms with Gasteiger partial charge in [0.1, 0.15) is 5.82 Å². The zero-order chi connectivity index (χ0) is 11.7. The first-order chi connectivity index (χ1) is 8.33. The van der Waals surface area contributed by atoms with Crippen molar-refractivity contribution in [2.24, 2.45) is 0 Å². The van der Waals surface area contributed by atoms with Gasteiger partial charge in [-0.3, -0.25) is 4.90 Å². The number of aromatic nitrogens is 2. The Hall–Kier alpha value is -0.910. The zero-order valence-electron chi connectivity index (χ0n) is 10.5. The van der Waals surface area contributed by atoms with Gasteiger partial charge in [0.05, 0.1) is 12.2 Å². The average molecular weight is 235 g/mol. The minimum atomic E-state index is 0.919. The third kappa shape index (κ3) is 2.36. The van der Waals surface area contributed by atoms with Gasteiger partial charge in [-0.15, -0.1) is 0 Å². The lowest BCUT2D eigenvalue weighted by Gasteiger charge is -2.32. The number of imidazole rings is 1. The summed E-state index contributed by atoms with van der Waals surface area (Å²) in [5.41, 5.74) is 1.38. The number of rotatable bonds is 2. The van der Waals surface area contributed by atoms with E-state index >= 15 is 0 Å². The third-order valence-electron chi connectivity index (χ3n) is 3.80. The number of nitrogens with one attached hydrogen (secondary N) is 1. The van der Waals surface area contributed by atoms with E-state index in [1.165, 1.54) is 37.7 Å². The number of hydrogen-bond acceptors (Lipinski definition) is 4. The molecule has 1 aromatic heterocycles. The van der Waals surface area contributed by atoms with Gasteiger partial charge in [0.2, 0.25) is 0 Å². The Labute approximate surface area is 102 Å². The summed E-state index contributed by atoms with van der Waals surface area (Å²) < 4.78 is 2.38. The van der Waals surface area contributed by atoms with Gasteiger partial charge >= 0.3 is 0 Å². The predicted molar refractivity (Wildman–Crippen MR) is 66.7 cm³/mol. The molecular formula is C12H21N5. The molecule has 5 nitrogen and oxygen atoms in total. The number of nitrogens with zero attached hydrogens (tertiary/aromatic N) is 4. The Morgan fingerprint density at radius 1 is 1.24 bits per heavy atom. The van der Waals surface area contributed by atoms with Gasteiger partial charge in [0.15, 0.2) is 0 Å².